The van der Waals surface area contributed by atoms with Crippen molar-refractivity contribution < 1.29 is 13.2 Å². The second-order valence-corrected chi connectivity index (χ2v) is 7.78. The molecule has 21 heavy (non-hydrogen) atoms. The monoisotopic (exact) mass is 332 g/mol. The van der Waals surface area contributed by atoms with Gasteiger partial charge in [0.1, 0.15) is 0 Å². The lowest BCUT2D eigenvalue weighted by molar-refractivity contribution is 0.0110. The molecule has 118 valence electrons. The maximum Gasteiger partial charge on any atom is 0.179 e. The third-order valence-electron chi connectivity index (χ3n) is 3.43. The Morgan fingerprint density at radius 2 is 2.10 bits per heavy atom. The molecule has 2 rings (SSSR count). The van der Waals surface area contributed by atoms with Crippen LogP contribution in [0.25, 0.3) is 0 Å². The molecule has 1 atom stereocenters. The number of hydrogen-bond donors (Lipinski definition) is 1. The summed E-state index contributed by atoms with van der Waals surface area (Å²) in [6.45, 7) is 3.61. The van der Waals surface area contributed by atoms with Crippen molar-refractivity contribution in [3.63, 3.8) is 0 Å². The van der Waals surface area contributed by atoms with Crippen molar-refractivity contribution in [2.75, 3.05) is 45.6 Å². The molecule has 0 saturated carbocycles. The molecule has 0 aromatic heterocycles. The summed E-state index contributed by atoms with van der Waals surface area (Å²) in [4.78, 5) is 2.31. The largest absolute Gasteiger partial charge is 0.374 e. The number of benzene rings is 1. The number of sulfone groups is 1. The van der Waals surface area contributed by atoms with Crippen molar-refractivity contribution in [3.05, 3.63) is 29.3 Å². The second-order valence-electron chi connectivity index (χ2n) is 5.23. The lowest BCUT2D eigenvalue weighted by Gasteiger charge is -2.27. The molecule has 7 heteroatoms. The van der Waals surface area contributed by atoms with Crippen LogP contribution in [-0.4, -0.2) is 65.0 Å². The lowest BCUT2D eigenvalue weighted by atomic mass is 10.3. The number of halogens is 1. The Labute approximate surface area is 131 Å². The minimum absolute atomic E-state index is 0.0886. The zero-order valence-corrected chi connectivity index (χ0v) is 13.7. The molecule has 1 N–H and O–H groups in total. The summed E-state index contributed by atoms with van der Waals surface area (Å²) in [6.07, 6.45) is 0.127. The van der Waals surface area contributed by atoms with Gasteiger partial charge in [-0.25, -0.2) is 8.42 Å². The maximum atomic E-state index is 12.2. The summed E-state index contributed by atoms with van der Waals surface area (Å²) in [6, 6.07) is 6.29. The summed E-state index contributed by atoms with van der Waals surface area (Å²) in [5, 5.41) is 3.80. The molecule has 1 aromatic rings. The van der Waals surface area contributed by atoms with Crippen LogP contribution in [0.15, 0.2) is 29.2 Å². The Balaban J connectivity index is 1.84. The van der Waals surface area contributed by atoms with E-state index in [4.69, 9.17) is 16.3 Å². The molecule has 1 aromatic carbocycles. The van der Waals surface area contributed by atoms with Crippen LogP contribution < -0.4 is 5.32 Å². The van der Waals surface area contributed by atoms with Gasteiger partial charge in [0.05, 0.1) is 23.4 Å². The fraction of sp³-hybridized carbons (Fsp3) is 0.571. The Morgan fingerprint density at radius 3 is 2.71 bits per heavy atom. The Hall–Kier alpha value is -0.660. The molecule has 5 nitrogen and oxygen atoms in total. The maximum absolute atomic E-state index is 12.2. The fourth-order valence-corrected chi connectivity index (χ4v) is 3.68. The topological polar surface area (TPSA) is 58.6 Å². The summed E-state index contributed by atoms with van der Waals surface area (Å²) >= 11 is 5.77. The third kappa shape index (κ3) is 5.23. The van der Waals surface area contributed by atoms with Crippen molar-refractivity contribution in [2.24, 2.45) is 0 Å². The highest BCUT2D eigenvalue weighted by Crippen LogP contribution is 2.15. The molecule has 1 aliphatic rings. The van der Waals surface area contributed by atoms with Gasteiger partial charge in [0.15, 0.2) is 9.84 Å². The van der Waals surface area contributed by atoms with Crippen LogP contribution in [0.2, 0.25) is 5.02 Å². The predicted molar refractivity (Wildman–Crippen MR) is 83.6 cm³/mol. The predicted octanol–water partition coefficient (Wildman–Crippen LogP) is 1.03. The SMILES string of the molecule is CN(CCS(=O)(=O)c1ccc(Cl)cc1)CC1CNCCO1. The van der Waals surface area contributed by atoms with Gasteiger partial charge in [0.25, 0.3) is 0 Å². The smallest absolute Gasteiger partial charge is 0.179 e. The molecule has 1 fully saturated rings. The van der Waals surface area contributed by atoms with Gasteiger partial charge in [-0.05, 0) is 31.3 Å². The summed E-state index contributed by atoms with van der Waals surface area (Å²) in [5.74, 6) is 0.0886. The van der Waals surface area contributed by atoms with E-state index in [1.807, 2.05) is 11.9 Å². The average molecular weight is 333 g/mol. The van der Waals surface area contributed by atoms with Gasteiger partial charge in [0, 0.05) is 31.2 Å². The van der Waals surface area contributed by atoms with E-state index in [9.17, 15) is 8.42 Å². The number of ether oxygens (including phenoxy) is 1. The number of nitrogens with one attached hydrogen (secondary N) is 1. The van der Waals surface area contributed by atoms with Gasteiger partial charge < -0.3 is 15.0 Å². The van der Waals surface area contributed by atoms with E-state index in [1.54, 1.807) is 24.3 Å². The van der Waals surface area contributed by atoms with E-state index in [2.05, 4.69) is 5.32 Å². The van der Waals surface area contributed by atoms with Crippen molar-refractivity contribution >= 4 is 21.4 Å². The van der Waals surface area contributed by atoms with Crippen molar-refractivity contribution in [3.8, 4) is 0 Å². The first kappa shape index (κ1) is 16.7. The van der Waals surface area contributed by atoms with Gasteiger partial charge >= 0.3 is 0 Å². The van der Waals surface area contributed by atoms with Gasteiger partial charge in [-0.1, -0.05) is 11.6 Å². The minimum Gasteiger partial charge on any atom is -0.374 e. The van der Waals surface area contributed by atoms with Crippen LogP contribution in [0.5, 0.6) is 0 Å². The molecule has 0 radical (unpaired) electrons. The van der Waals surface area contributed by atoms with Crippen LogP contribution in [0.1, 0.15) is 0 Å². The average Bonchev–Trinajstić information content (AvgIpc) is 2.47. The highest BCUT2D eigenvalue weighted by molar-refractivity contribution is 7.91. The number of rotatable bonds is 6. The van der Waals surface area contributed by atoms with Crippen LogP contribution in [0.4, 0.5) is 0 Å². The molecule has 0 amide bonds. The zero-order chi connectivity index (χ0) is 15.3. The van der Waals surface area contributed by atoms with Gasteiger partial charge in [0.2, 0.25) is 0 Å². The standard InChI is InChI=1S/C14H21ClN2O3S/c1-17(11-13-10-16-6-8-20-13)7-9-21(18,19)14-4-2-12(15)3-5-14/h2-5,13,16H,6-11H2,1H3. The summed E-state index contributed by atoms with van der Waals surface area (Å²) < 4.78 is 30.1. The first-order valence-corrected chi connectivity index (χ1v) is 8.99. The molecule has 1 heterocycles. The highest BCUT2D eigenvalue weighted by atomic mass is 35.5. The van der Waals surface area contributed by atoms with Crippen LogP contribution >= 0.6 is 11.6 Å². The molecule has 0 spiro atoms. The lowest BCUT2D eigenvalue weighted by Crippen LogP contribution is -2.45. The van der Waals surface area contributed by atoms with Crippen molar-refractivity contribution in [1.82, 2.24) is 10.2 Å². The van der Waals surface area contributed by atoms with Crippen molar-refractivity contribution in [2.45, 2.75) is 11.0 Å². The number of likely N-dealkylation sites (N-methyl/N-ethyl adjacent to an activating group) is 1. The summed E-state index contributed by atoms with van der Waals surface area (Å²) in [5.41, 5.74) is 0. The number of hydrogen-bond acceptors (Lipinski definition) is 5. The fourth-order valence-electron chi connectivity index (χ4n) is 2.21. The Kier molecular flexibility index (Phi) is 6.01. The Bertz CT molecular complexity index is 542. The van der Waals surface area contributed by atoms with Gasteiger partial charge in [-0.3, -0.25) is 0 Å². The first-order chi connectivity index (χ1) is 9.97. The van der Waals surface area contributed by atoms with Crippen LogP contribution in [0.3, 0.4) is 0 Å². The molecule has 1 aliphatic heterocycles. The van der Waals surface area contributed by atoms with E-state index in [0.29, 0.717) is 23.1 Å². The van der Waals surface area contributed by atoms with E-state index in [0.717, 1.165) is 19.6 Å². The molecule has 1 saturated heterocycles. The zero-order valence-electron chi connectivity index (χ0n) is 12.1. The van der Waals surface area contributed by atoms with Crippen LogP contribution in [-0.2, 0) is 14.6 Å². The first-order valence-electron chi connectivity index (χ1n) is 6.96. The van der Waals surface area contributed by atoms with E-state index in [-0.39, 0.29) is 11.9 Å². The van der Waals surface area contributed by atoms with Gasteiger partial charge in [-0.2, -0.15) is 0 Å². The van der Waals surface area contributed by atoms with Crippen LogP contribution in [0, 0.1) is 0 Å². The van der Waals surface area contributed by atoms with E-state index < -0.39 is 9.84 Å². The minimum atomic E-state index is -3.27. The normalized spacial score (nSPS) is 19.9. The Morgan fingerprint density at radius 1 is 1.38 bits per heavy atom. The second kappa shape index (κ2) is 7.56. The summed E-state index contributed by atoms with van der Waals surface area (Å²) in [7, 11) is -1.36. The molecule has 0 aliphatic carbocycles. The van der Waals surface area contributed by atoms with Crippen molar-refractivity contribution in [1.29, 1.82) is 0 Å². The number of nitrogens with zero attached hydrogens (tertiary/aromatic N) is 1. The van der Waals surface area contributed by atoms with E-state index in [1.165, 1.54) is 0 Å². The molecular formula is C14H21ClN2O3S. The third-order valence-corrected chi connectivity index (χ3v) is 5.40. The molecule has 0 bridgehead atoms. The highest BCUT2D eigenvalue weighted by Gasteiger charge is 2.18. The molecule has 1 unspecified atom stereocenters. The van der Waals surface area contributed by atoms with Gasteiger partial charge in [-0.15, -0.1) is 0 Å². The quantitative estimate of drug-likeness (QED) is 0.843. The number of morpholine rings is 1. The van der Waals surface area contributed by atoms with E-state index >= 15 is 0 Å². The molecular weight excluding hydrogens is 312 g/mol.